The molecule has 0 amide bonds. The maximum Gasteiger partial charge on any atom is 0.167 e. The van der Waals surface area contributed by atoms with E-state index in [2.05, 4.69) is 140 Å². The van der Waals surface area contributed by atoms with Crippen LogP contribution in [-0.2, 0) is 23.7 Å². The number of hydrogen-bond acceptors (Lipinski definition) is 16. The molecule has 85 heavy (non-hydrogen) atoms. The summed E-state index contributed by atoms with van der Waals surface area (Å²) in [7, 11) is -4.79. The third-order valence-corrected chi connectivity index (χ3v) is 22.4. The van der Waals surface area contributed by atoms with Crippen molar-refractivity contribution in [2.24, 2.45) is 0 Å². The lowest BCUT2D eigenvalue weighted by Crippen LogP contribution is -2.35. The number of halogens is 1. The van der Waals surface area contributed by atoms with Crippen molar-refractivity contribution in [1.82, 2.24) is 44.5 Å². The Balaban J connectivity index is 0.000000202. The largest absolute Gasteiger partial charge is 0.379 e. The van der Waals surface area contributed by atoms with Crippen molar-refractivity contribution in [2.45, 2.75) is 103 Å². The Labute approximate surface area is 517 Å². The number of nitrogens with one attached hydrogen (secondary N) is 1. The highest BCUT2D eigenvalue weighted by Gasteiger charge is 2.25. The molecule has 2 aromatic carbocycles. The molecule has 1 N–H and O–H groups in total. The first-order valence-corrected chi connectivity index (χ1v) is 46.5. The fourth-order valence-electron chi connectivity index (χ4n) is 9.17. The molecule has 2 aliphatic rings. The van der Waals surface area contributed by atoms with Crippen LogP contribution in [0.5, 0.6) is 0 Å². The fourth-order valence-corrected chi connectivity index (χ4v) is 13.3. The Kier molecular flexibility index (Phi) is 24.0. The van der Waals surface area contributed by atoms with Gasteiger partial charge in [-0.15, -0.1) is 0 Å². The van der Waals surface area contributed by atoms with Crippen molar-refractivity contribution < 1.29 is 23.7 Å². The van der Waals surface area contributed by atoms with Crippen LogP contribution in [0.3, 0.4) is 0 Å². The highest BCUT2D eigenvalue weighted by molar-refractivity contribution is 7.99. The van der Waals surface area contributed by atoms with Crippen LogP contribution < -0.4 is 20.0 Å². The standard InChI is InChI=1S/C31H46N6O2SSi2.C27H38ClN5O2Si2.C4H9NO/c1-41(2,3)17-13-38-23-36(24-39-14-18-42(4,5)6)30-20-29(35-11-15-40-16-12-35)34-31-27(22-33-37(30)31)26-19-25-9-7-8-10-28(25)32-21-26;1-36(2,3)13-11-34-19-32(20-35-12-14-37(4,5)6)26-16-25(28)31-27-23(18-30-33(26)27)22-15-21-9-7-8-10-24(21)29-17-22;1-3-6-4-2-5-1/h7-10,19-22H,11-18,23-24H2,1-6H3;7-10,15-18H,11-14,19-20H2,1-6H3;5H,1-4H2. The molecule has 0 radical (unpaired) electrons. The van der Waals surface area contributed by atoms with Gasteiger partial charge in [-0.05, 0) is 48.4 Å². The van der Waals surface area contributed by atoms with E-state index in [0.29, 0.717) is 37.7 Å². The molecule has 10 rings (SSSR count). The van der Waals surface area contributed by atoms with Gasteiger partial charge >= 0.3 is 0 Å². The number of benzene rings is 2. The number of aromatic nitrogens is 8. The molecule has 0 unspecified atom stereocenters. The fraction of sp³-hybridized carbons (Fsp3) is 0.516. The topological polar surface area (TPSA) is 154 Å². The van der Waals surface area contributed by atoms with Gasteiger partial charge in [-0.2, -0.15) is 31.0 Å². The van der Waals surface area contributed by atoms with E-state index in [1.165, 1.54) is 0 Å². The molecular formula is C62H93ClN12O5SSi4. The Morgan fingerprint density at radius 3 is 1.35 bits per heavy atom. The number of ether oxygens (including phenoxy) is 5. The van der Waals surface area contributed by atoms with E-state index in [1.807, 2.05) is 86.9 Å². The number of thioether (sulfide) groups is 1. The minimum absolute atomic E-state index is 0.388. The number of morpholine rings is 1. The summed E-state index contributed by atoms with van der Waals surface area (Å²) in [5.41, 5.74) is 7.24. The molecule has 460 valence electrons. The highest BCUT2D eigenvalue weighted by atomic mass is 35.5. The molecule has 23 heteroatoms. The zero-order valence-corrected chi connectivity index (χ0v) is 58.2. The van der Waals surface area contributed by atoms with E-state index < -0.39 is 32.3 Å². The number of fused-ring (bicyclic) bond motifs is 4. The third kappa shape index (κ3) is 20.6. The smallest absolute Gasteiger partial charge is 0.167 e. The van der Waals surface area contributed by atoms with Crippen LogP contribution in [-0.4, -0.2) is 176 Å². The van der Waals surface area contributed by atoms with Crippen molar-refractivity contribution in [3.63, 3.8) is 0 Å². The summed E-state index contributed by atoms with van der Waals surface area (Å²) in [6, 6.07) is 29.0. The van der Waals surface area contributed by atoms with Crippen LogP contribution in [0.25, 0.3) is 55.4 Å². The lowest BCUT2D eigenvalue weighted by atomic mass is 10.1. The predicted molar refractivity (Wildman–Crippen MR) is 367 cm³/mol. The minimum Gasteiger partial charge on any atom is -0.379 e. The van der Waals surface area contributed by atoms with Crippen molar-refractivity contribution in [1.29, 1.82) is 0 Å². The van der Waals surface area contributed by atoms with Gasteiger partial charge in [0.1, 0.15) is 49.5 Å². The molecule has 17 nitrogen and oxygen atoms in total. The molecule has 0 saturated carbocycles. The summed E-state index contributed by atoms with van der Waals surface area (Å²) in [5.74, 6) is 4.91. The Morgan fingerprint density at radius 2 is 0.953 bits per heavy atom. The van der Waals surface area contributed by atoms with Gasteiger partial charge in [0, 0.05) is 154 Å². The average Bonchev–Trinajstić information content (AvgIpc) is 2.67. The van der Waals surface area contributed by atoms with Gasteiger partial charge < -0.3 is 43.7 Å². The lowest BCUT2D eigenvalue weighted by molar-refractivity contribution is 0.0941. The van der Waals surface area contributed by atoms with Gasteiger partial charge in [0.15, 0.2) is 11.3 Å². The second-order valence-electron chi connectivity index (χ2n) is 26.8. The molecule has 2 saturated heterocycles. The Morgan fingerprint density at radius 1 is 0.541 bits per heavy atom. The zero-order valence-electron chi connectivity index (χ0n) is 52.6. The number of para-hydroxylation sites is 2. The van der Waals surface area contributed by atoms with E-state index in [9.17, 15) is 0 Å². The van der Waals surface area contributed by atoms with Crippen molar-refractivity contribution in [3.05, 3.63) is 103 Å². The predicted octanol–water partition coefficient (Wildman–Crippen LogP) is 13.6. The van der Waals surface area contributed by atoms with Crippen LogP contribution in [0.2, 0.25) is 108 Å². The molecule has 2 aliphatic heterocycles. The molecular weight excluding hydrogens is 1170 g/mol. The van der Waals surface area contributed by atoms with Gasteiger partial charge in [-0.3, -0.25) is 9.97 Å². The van der Waals surface area contributed by atoms with Gasteiger partial charge in [-0.25, -0.2) is 9.97 Å². The van der Waals surface area contributed by atoms with Gasteiger partial charge in [-0.1, -0.05) is 127 Å². The first-order valence-electron chi connectivity index (χ1n) is 30.1. The van der Waals surface area contributed by atoms with E-state index in [4.69, 9.17) is 55.5 Å². The molecule has 6 aromatic heterocycles. The monoisotopic (exact) mass is 1260 g/mol. The summed E-state index contributed by atoms with van der Waals surface area (Å²) in [5, 5.41) is 15.3. The second kappa shape index (κ2) is 30.9. The first kappa shape index (κ1) is 66.1. The summed E-state index contributed by atoms with van der Waals surface area (Å²) in [6.07, 6.45) is 7.54. The summed E-state index contributed by atoms with van der Waals surface area (Å²) < 4.78 is 33.6. The summed E-state index contributed by atoms with van der Waals surface area (Å²) >= 11 is 8.56. The van der Waals surface area contributed by atoms with Crippen molar-refractivity contribution >= 4 is 106 Å². The molecule has 0 spiro atoms. The molecule has 0 atom stereocenters. The number of anilines is 3. The lowest BCUT2D eigenvalue weighted by Gasteiger charge is -2.30. The molecule has 8 aromatic rings. The minimum atomic E-state index is -1.20. The summed E-state index contributed by atoms with van der Waals surface area (Å²) in [4.78, 5) is 25.8. The number of pyridine rings is 2. The van der Waals surface area contributed by atoms with Crippen LogP contribution >= 0.6 is 23.4 Å². The maximum absolute atomic E-state index is 6.56. The van der Waals surface area contributed by atoms with Crippen molar-refractivity contribution in [3.8, 4) is 22.3 Å². The second-order valence-corrected chi connectivity index (χ2v) is 50.9. The van der Waals surface area contributed by atoms with Crippen LogP contribution in [0.1, 0.15) is 0 Å². The van der Waals surface area contributed by atoms with E-state index in [0.717, 1.165) is 169 Å². The number of rotatable bonds is 25. The van der Waals surface area contributed by atoms with Gasteiger partial charge in [0.05, 0.1) is 36.6 Å². The van der Waals surface area contributed by atoms with Crippen molar-refractivity contribution in [2.75, 3.05) is 119 Å². The SMILES string of the molecule is C1COCCN1.C[Si](C)(C)CCOCN(COCC[Si](C)(C)C)c1cc(Cl)nc2c(-c3cnc4ccccc4c3)cnn12.C[Si](C)(C)CCOCN(COCC[Si](C)(C)C)c1cc(N2CCSCC2)nc2c(-c3cnc4ccccc4c3)cnn12. The van der Waals surface area contributed by atoms with E-state index >= 15 is 0 Å². The average molecular weight is 1270 g/mol. The number of hydrogen-bond donors (Lipinski definition) is 1. The maximum atomic E-state index is 6.56. The van der Waals surface area contributed by atoms with Crippen LogP contribution in [0.4, 0.5) is 17.5 Å². The van der Waals surface area contributed by atoms with E-state index in [-0.39, 0.29) is 0 Å². The van der Waals surface area contributed by atoms with Gasteiger partial charge in [0.2, 0.25) is 0 Å². The highest BCUT2D eigenvalue weighted by Crippen LogP contribution is 2.33. The van der Waals surface area contributed by atoms with Crippen LogP contribution in [0, 0.1) is 0 Å². The Bertz CT molecular complexity index is 3320. The zero-order chi connectivity index (χ0) is 60.6. The molecule has 8 heterocycles. The third-order valence-electron chi connectivity index (χ3n) is 14.5. The normalized spacial score (nSPS) is 14.4. The number of nitrogens with zero attached hydrogens (tertiary/aromatic N) is 11. The molecule has 0 bridgehead atoms. The summed E-state index contributed by atoms with van der Waals surface area (Å²) in [6.45, 7) is 38.8. The Hall–Kier alpha value is -4.83. The first-order chi connectivity index (χ1) is 40.6. The molecule has 2 fully saturated rings. The van der Waals surface area contributed by atoms with E-state index in [1.54, 1.807) is 0 Å². The molecule has 0 aliphatic carbocycles. The van der Waals surface area contributed by atoms with Gasteiger partial charge in [0.25, 0.3) is 0 Å². The van der Waals surface area contributed by atoms with Crippen LogP contribution in [0.15, 0.2) is 97.6 Å². The quantitative estimate of drug-likeness (QED) is 0.0249.